The van der Waals surface area contributed by atoms with Crippen molar-refractivity contribution in [1.82, 2.24) is 0 Å². The number of benzene rings is 1. The van der Waals surface area contributed by atoms with Crippen molar-refractivity contribution < 1.29 is 9.53 Å². The molecule has 0 aromatic heterocycles. The highest BCUT2D eigenvalue weighted by Gasteiger charge is 2.32. The summed E-state index contributed by atoms with van der Waals surface area (Å²) >= 11 is 7.74. The number of halogens is 1. The molecule has 1 aliphatic heterocycles. The van der Waals surface area contributed by atoms with E-state index < -0.39 is 0 Å². The smallest absolute Gasteiger partial charge is 0.227 e. The Morgan fingerprint density at radius 3 is 2.94 bits per heavy atom. The maximum absolute atomic E-state index is 12.0. The van der Waals surface area contributed by atoms with E-state index in [1.165, 1.54) is 0 Å². The highest BCUT2D eigenvalue weighted by Crippen LogP contribution is 2.39. The zero-order valence-corrected chi connectivity index (χ0v) is 12.0. The molecule has 0 radical (unpaired) electrons. The minimum atomic E-state index is 0.134. The average molecular weight is 316 g/mol. The van der Waals surface area contributed by atoms with Crippen LogP contribution in [0.1, 0.15) is 6.42 Å². The predicted molar refractivity (Wildman–Crippen MR) is 75.0 cm³/mol. The molecule has 1 aromatic carbocycles. The van der Waals surface area contributed by atoms with E-state index in [1.807, 2.05) is 18.2 Å². The van der Waals surface area contributed by atoms with Gasteiger partial charge >= 0.3 is 0 Å². The number of hydrogen-bond acceptors (Lipinski definition) is 3. The largest absolute Gasteiger partial charge is 0.495 e. The number of hydrogen-bond donors (Lipinski definition) is 1. The van der Waals surface area contributed by atoms with Gasteiger partial charge in [-0.3, -0.25) is 4.79 Å². The molecule has 1 fully saturated rings. The molecule has 0 bridgehead atoms. The standard InChI is InChI=1S/C12H14BrNO2S/c1-16-10-4-2-3-9(13)12(10)14-6-8(7-17)5-11(14)15/h2-4,8,17H,5-7H2,1H3. The lowest BCUT2D eigenvalue weighted by Gasteiger charge is -2.20. The van der Waals surface area contributed by atoms with Crippen LogP contribution in [0.2, 0.25) is 0 Å². The Hall–Kier alpha value is -0.680. The Kier molecular flexibility index (Phi) is 3.99. The van der Waals surface area contributed by atoms with Gasteiger partial charge in [-0.15, -0.1) is 0 Å². The topological polar surface area (TPSA) is 29.5 Å². The molecule has 1 aliphatic rings. The van der Waals surface area contributed by atoms with Gasteiger partial charge < -0.3 is 9.64 Å². The van der Waals surface area contributed by atoms with Crippen molar-refractivity contribution in [2.45, 2.75) is 6.42 Å². The minimum Gasteiger partial charge on any atom is -0.495 e. The van der Waals surface area contributed by atoms with E-state index >= 15 is 0 Å². The summed E-state index contributed by atoms with van der Waals surface area (Å²) in [7, 11) is 1.61. The van der Waals surface area contributed by atoms with Gasteiger partial charge in [-0.05, 0) is 39.7 Å². The second kappa shape index (κ2) is 5.31. The number of methoxy groups -OCH3 is 1. The number of thiol groups is 1. The van der Waals surface area contributed by atoms with Crippen molar-refractivity contribution in [1.29, 1.82) is 0 Å². The number of carbonyl (C=O) groups is 1. The number of carbonyl (C=O) groups excluding carboxylic acids is 1. The summed E-state index contributed by atoms with van der Waals surface area (Å²) < 4.78 is 6.19. The molecule has 17 heavy (non-hydrogen) atoms. The van der Waals surface area contributed by atoms with Crippen molar-refractivity contribution in [3.63, 3.8) is 0 Å². The van der Waals surface area contributed by atoms with E-state index in [2.05, 4.69) is 28.6 Å². The molecule has 3 nitrogen and oxygen atoms in total. The number of ether oxygens (including phenoxy) is 1. The number of nitrogens with zero attached hydrogens (tertiary/aromatic N) is 1. The van der Waals surface area contributed by atoms with Gasteiger partial charge in [0.15, 0.2) is 0 Å². The van der Waals surface area contributed by atoms with Crippen molar-refractivity contribution in [3.8, 4) is 5.75 Å². The predicted octanol–water partition coefficient (Wildman–Crippen LogP) is 2.74. The van der Waals surface area contributed by atoms with Gasteiger partial charge in [0.2, 0.25) is 5.91 Å². The van der Waals surface area contributed by atoms with Gasteiger partial charge in [-0.2, -0.15) is 12.6 Å². The molecule has 1 aromatic rings. The van der Waals surface area contributed by atoms with Crippen LogP contribution in [0.15, 0.2) is 22.7 Å². The highest BCUT2D eigenvalue weighted by molar-refractivity contribution is 9.10. The first-order valence-corrected chi connectivity index (χ1v) is 6.83. The fourth-order valence-electron chi connectivity index (χ4n) is 2.04. The molecule has 5 heteroatoms. The first kappa shape index (κ1) is 12.8. The molecule has 0 N–H and O–H groups in total. The summed E-state index contributed by atoms with van der Waals surface area (Å²) in [6.07, 6.45) is 0.563. The Morgan fingerprint density at radius 1 is 1.59 bits per heavy atom. The van der Waals surface area contributed by atoms with Crippen molar-refractivity contribution in [2.75, 3.05) is 24.3 Å². The molecule has 0 aliphatic carbocycles. The Labute approximate surface area is 115 Å². The van der Waals surface area contributed by atoms with E-state index in [4.69, 9.17) is 4.74 Å². The third-order valence-corrected chi connectivity index (χ3v) is 4.06. The molecule has 2 rings (SSSR count). The van der Waals surface area contributed by atoms with Gasteiger partial charge in [0.05, 0.1) is 7.11 Å². The normalized spacial score (nSPS) is 19.8. The van der Waals surface area contributed by atoms with Gasteiger partial charge in [-0.1, -0.05) is 6.07 Å². The molecule has 92 valence electrons. The van der Waals surface area contributed by atoms with Crippen LogP contribution in [-0.2, 0) is 4.79 Å². The molecule has 0 spiro atoms. The summed E-state index contributed by atoms with van der Waals surface area (Å²) in [5.74, 6) is 1.90. The number of anilines is 1. The monoisotopic (exact) mass is 315 g/mol. The zero-order valence-electron chi connectivity index (χ0n) is 9.52. The lowest BCUT2D eigenvalue weighted by Crippen LogP contribution is -2.25. The van der Waals surface area contributed by atoms with E-state index in [9.17, 15) is 4.79 Å². The van der Waals surface area contributed by atoms with Crippen LogP contribution in [0.4, 0.5) is 5.69 Å². The maximum atomic E-state index is 12.0. The second-order valence-electron chi connectivity index (χ2n) is 4.05. The fraction of sp³-hybridized carbons (Fsp3) is 0.417. The van der Waals surface area contributed by atoms with Crippen LogP contribution in [0.5, 0.6) is 5.75 Å². The SMILES string of the molecule is COc1cccc(Br)c1N1CC(CS)CC1=O. The Morgan fingerprint density at radius 2 is 2.35 bits per heavy atom. The summed E-state index contributed by atoms with van der Waals surface area (Å²) in [4.78, 5) is 13.8. The first-order chi connectivity index (χ1) is 8.17. The first-order valence-electron chi connectivity index (χ1n) is 5.41. The van der Waals surface area contributed by atoms with E-state index in [0.717, 1.165) is 15.9 Å². The molecule has 1 atom stereocenters. The van der Waals surface area contributed by atoms with E-state index in [0.29, 0.717) is 24.6 Å². The van der Waals surface area contributed by atoms with Crippen molar-refractivity contribution in [3.05, 3.63) is 22.7 Å². The molecule has 1 heterocycles. The lowest BCUT2D eigenvalue weighted by molar-refractivity contribution is -0.117. The van der Waals surface area contributed by atoms with Crippen LogP contribution in [-0.4, -0.2) is 25.3 Å². The summed E-state index contributed by atoms with van der Waals surface area (Å²) in [6.45, 7) is 0.710. The quantitative estimate of drug-likeness (QED) is 0.869. The number of para-hydroxylation sites is 1. The van der Waals surface area contributed by atoms with Crippen LogP contribution in [0.3, 0.4) is 0 Å². The highest BCUT2D eigenvalue weighted by atomic mass is 79.9. The van der Waals surface area contributed by atoms with Crippen molar-refractivity contribution in [2.24, 2.45) is 5.92 Å². The van der Waals surface area contributed by atoms with Gasteiger partial charge in [0.25, 0.3) is 0 Å². The molecule has 0 saturated carbocycles. The zero-order chi connectivity index (χ0) is 12.4. The molecule has 1 unspecified atom stereocenters. The lowest BCUT2D eigenvalue weighted by atomic mass is 10.1. The second-order valence-corrected chi connectivity index (χ2v) is 5.27. The Balaban J connectivity index is 2.37. The van der Waals surface area contributed by atoms with Crippen molar-refractivity contribution >= 4 is 40.2 Å². The summed E-state index contributed by atoms with van der Waals surface area (Å²) in [5, 5.41) is 0. The van der Waals surface area contributed by atoms with Crippen LogP contribution in [0.25, 0.3) is 0 Å². The molecular formula is C12H14BrNO2S. The third kappa shape index (κ3) is 2.45. The van der Waals surface area contributed by atoms with Gasteiger partial charge in [-0.25, -0.2) is 0 Å². The maximum Gasteiger partial charge on any atom is 0.227 e. The molecule has 1 amide bonds. The van der Waals surface area contributed by atoms with Gasteiger partial charge in [0, 0.05) is 17.4 Å². The van der Waals surface area contributed by atoms with E-state index in [1.54, 1.807) is 12.0 Å². The molecule has 1 saturated heterocycles. The average Bonchev–Trinajstić information content (AvgIpc) is 2.70. The number of rotatable bonds is 3. The Bertz CT molecular complexity index is 439. The summed E-state index contributed by atoms with van der Waals surface area (Å²) in [6, 6.07) is 5.67. The van der Waals surface area contributed by atoms with Gasteiger partial charge in [0.1, 0.15) is 11.4 Å². The van der Waals surface area contributed by atoms with Crippen LogP contribution in [0, 0.1) is 5.92 Å². The number of amides is 1. The fourth-order valence-corrected chi connectivity index (χ4v) is 2.85. The minimum absolute atomic E-state index is 0.134. The third-order valence-electron chi connectivity index (χ3n) is 2.90. The summed E-state index contributed by atoms with van der Waals surface area (Å²) in [5.41, 5.74) is 0.823. The van der Waals surface area contributed by atoms with Crippen LogP contribution < -0.4 is 9.64 Å². The van der Waals surface area contributed by atoms with Crippen LogP contribution >= 0.6 is 28.6 Å². The van der Waals surface area contributed by atoms with E-state index in [-0.39, 0.29) is 5.91 Å². The molecular weight excluding hydrogens is 302 g/mol.